The van der Waals surface area contributed by atoms with E-state index in [1.165, 1.54) is 11.3 Å². The van der Waals surface area contributed by atoms with Gasteiger partial charge < -0.3 is 4.74 Å². The highest BCUT2D eigenvalue weighted by molar-refractivity contribution is 6.06. The average Bonchev–Trinajstić information content (AvgIpc) is 3.08. The minimum atomic E-state index is -0.0531. The van der Waals surface area contributed by atoms with Gasteiger partial charge in [-0.3, -0.25) is 14.5 Å². The SMILES string of the molecule is O=C1[C@@H]2[C@H]3C=C[C@H]([C@@H]4C[C@H]34)[C@@H]2C(=O)N1C[C@H]1CCCO1. The fraction of sp³-hybridized carbons (Fsp3) is 0.750. The maximum atomic E-state index is 12.7. The van der Waals surface area contributed by atoms with Crippen molar-refractivity contribution < 1.29 is 14.3 Å². The quantitative estimate of drug-likeness (QED) is 0.561. The molecule has 4 heteroatoms. The van der Waals surface area contributed by atoms with E-state index in [-0.39, 0.29) is 29.8 Å². The minimum absolute atomic E-state index is 0.0531. The molecule has 4 aliphatic carbocycles. The molecule has 2 bridgehead atoms. The van der Waals surface area contributed by atoms with E-state index in [1.54, 1.807) is 0 Å². The first-order valence-corrected chi connectivity index (χ1v) is 7.91. The van der Waals surface area contributed by atoms with Crippen LogP contribution in [0.1, 0.15) is 19.3 Å². The van der Waals surface area contributed by atoms with Crippen LogP contribution in [0.25, 0.3) is 0 Å². The van der Waals surface area contributed by atoms with Crippen molar-refractivity contribution in [1.29, 1.82) is 0 Å². The molecule has 4 nitrogen and oxygen atoms in total. The Morgan fingerprint density at radius 1 is 1.10 bits per heavy atom. The third kappa shape index (κ3) is 1.31. The zero-order valence-corrected chi connectivity index (χ0v) is 11.4. The number of allylic oxidation sites excluding steroid dienone is 2. The fourth-order valence-electron chi connectivity index (χ4n) is 5.19. The first kappa shape index (κ1) is 11.5. The van der Waals surface area contributed by atoms with Crippen LogP contribution in [0.15, 0.2) is 12.2 Å². The Bertz CT molecular complexity index is 486. The highest BCUT2D eigenvalue weighted by Gasteiger charge is 2.67. The number of hydrogen-bond donors (Lipinski definition) is 0. The van der Waals surface area contributed by atoms with Crippen molar-refractivity contribution >= 4 is 11.8 Å². The van der Waals surface area contributed by atoms with Gasteiger partial charge in [-0.2, -0.15) is 0 Å². The summed E-state index contributed by atoms with van der Waals surface area (Å²) in [4.78, 5) is 26.9. The predicted molar refractivity (Wildman–Crippen MR) is 70.4 cm³/mol. The number of carbonyl (C=O) groups is 2. The summed E-state index contributed by atoms with van der Waals surface area (Å²) in [7, 11) is 0. The van der Waals surface area contributed by atoms with E-state index in [2.05, 4.69) is 12.2 Å². The van der Waals surface area contributed by atoms with Gasteiger partial charge in [0.15, 0.2) is 0 Å². The van der Waals surface area contributed by atoms with Gasteiger partial charge in [0.2, 0.25) is 11.8 Å². The summed E-state index contributed by atoms with van der Waals surface area (Å²) in [6.45, 7) is 1.25. The van der Waals surface area contributed by atoms with Crippen LogP contribution in [0, 0.1) is 35.5 Å². The van der Waals surface area contributed by atoms with Gasteiger partial charge in [-0.25, -0.2) is 0 Å². The van der Waals surface area contributed by atoms with Crippen LogP contribution in [-0.2, 0) is 14.3 Å². The van der Waals surface area contributed by atoms with Crippen LogP contribution in [0.5, 0.6) is 0 Å². The number of hydrogen-bond acceptors (Lipinski definition) is 3. The third-order valence-electron chi connectivity index (χ3n) is 6.16. The topological polar surface area (TPSA) is 46.6 Å². The summed E-state index contributed by atoms with van der Waals surface area (Å²) in [5, 5.41) is 0. The number of carbonyl (C=O) groups excluding carboxylic acids is 2. The Kier molecular flexibility index (Phi) is 2.14. The summed E-state index contributed by atoms with van der Waals surface area (Å²) < 4.78 is 5.60. The van der Waals surface area contributed by atoms with Gasteiger partial charge in [-0.15, -0.1) is 0 Å². The van der Waals surface area contributed by atoms with Crippen molar-refractivity contribution in [3.05, 3.63) is 12.2 Å². The number of rotatable bonds is 2. The molecule has 106 valence electrons. The second-order valence-corrected chi connectivity index (χ2v) is 7.08. The Hall–Kier alpha value is -1.16. The molecular weight excluding hydrogens is 254 g/mol. The average molecular weight is 273 g/mol. The molecule has 2 aliphatic heterocycles. The molecule has 6 rings (SSSR count). The van der Waals surface area contributed by atoms with Crippen molar-refractivity contribution in [3.8, 4) is 0 Å². The minimum Gasteiger partial charge on any atom is -0.376 e. The van der Waals surface area contributed by atoms with Gasteiger partial charge >= 0.3 is 0 Å². The predicted octanol–water partition coefficient (Wildman–Crippen LogP) is 1.22. The van der Waals surface area contributed by atoms with Crippen molar-refractivity contribution in [3.63, 3.8) is 0 Å². The van der Waals surface area contributed by atoms with E-state index in [0.29, 0.717) is 30.2 Å². The molecule has 0 aromatic carbocycles. The molecule has 2 saturated carbocycles. The van der Waals surface area contributed by atoms with Crippen molar-refractivity contribution in [2.75, 3.05) is 13.2 Å². The van der Waals surface area contributed by atoms with Crippen molar-refractivity contribution in [2.24, 2.45) is 35.5 Å². The lowest BCUT2D eigenvalue weighted by Crippen LogP contribution is -2.40. The lowest BCUT2D eigenvalue weighted by atomic mass is 9.63. The standard InChI is InChI=1S/C16H19NO3/c18-15-13-9-3-4-10(12-6-11(9)12)14(13)16(19)17(15)7-8-2-1-5-20-8/h3-4,8-14H,1-2,5-7H2/t8-,9-,10+,11+,12-,13+,14-/m1/s1. The van der Waals surface area contributed by atoms with Crippen LogP contribution in [0.4, 0.5) is 0 Å². The van der Waals surface area contributed by atoms with Crippen LogP contribution >= 0.6 is 0 Å². The molecule has 4 fully saturated rings. The van der Waals surface area contributed by atoms with Crippen LogP contribution in [0.2, 0.25) is 0 Å². The van der Waals surface area contributed by atoms with E-state index in [0.717, 1.165) is 19.4 Å². The lowest BCUT2D eigenvalue weighted by molar-refractivity contribution is -0.142. The highest BCUT2D eigenvalue weighted by atomic mass is 16.5. The first-order chi connectivity index (χ1) is 9.75. The van der Waals surface area contributed by atoms with E-state index in [4.69, 9.17) is 4.74 Å². The summed E-state index contributed by atoms with van der Waals surface area (Å²) in [6.07, 6.45) is 7.76. The summed E-state index contributed by atoms with van der Waals surface area (Å²) in [5.41, 5.74) is 0. The van der Waals surface area contributed by atoms with Gasteiger partial charge in [0, 0.05) is 6.61 Å². The van der Waals surface area contributed by atoms with Gasteiger partial charge in [0.25, 0.3) is 0 Å². The van der Waals surface area contributed by atoms with Crippen LogP contribution < -0.4 is 0 Å². The Morgan fingerprint density at radius 3 is 2.30 bits per heavy atom. The third-order valence-corrected chi connectivity index (χ3v) is 6.16. The maximum absolute atomic E-state index is 12.7. The number of imide groups is 1. The molecule has 2 amide bonds. The highest BCUT2D eigenvalue weighted by Crippen LogP contribution is 2.65. The Balaban J connectivity index is 1.44. The molecule has 0 aromatic rings. The molecule has 2 heterocycles. The van der Waals surface area contributed by atoms with Gasteiger partial charge in [-0.05, 0) is 42.9 Å². The molecule has 0 aromatic heterocycles. The molecular formula is C16H19NO3. The van der Waals surface area contributed by atoms with E-state index >= 15 is 0 Å². The zero-order valence-electron chi connectivity index (χ0n) is 11.4. The van der Waals surface area contributed by atoms with E-state index < -0.39 is 0 Å². The van der Waals surface area contributed by atoms with Crippen molar-refractivity contribution in [1.82, 2.24) is 4.90 Å². The number of ether oxygens (including phenoxy) is 1. The fourth-order valence-corrected chi connectivity index (χ4v) is 5.19. The van der Waals surface area contributed by atoms with Crippen LogP contribution in [0.3, 0.4) is 0 Å². The second-order valence-electron chi connectivity index (χ2n) is 7.08. The number of nitrogens with zero attached hydrogens (tertiary/aromatic N) is 1. The summed E-state index contributed by atoms with van der Waals surface area (Å²) >= 11 is 0. The molecule has 2 saturated heterocycles. The van der Waals surface area contributed by atoms with Gasteiger partial charge in [0.1, 0.15) is 0 Å². The monoisotopic (exact) mass is 273 g/mol. The Morgan fingerprint density at radius 2 is 1.75 bits per heavy atom. The van der Waals surface area contributed by atoms with E-state index in [1.807, 2.05) is 0 Å². The number of amides is 2. The number of likely N-dealkylation sites (tertiary alicyclic amines) is 1. The van der Waals surface area contributed by atoms with Crippen LogP contribution in [-0.4, -0.2) is 36.0 Å². The van der Waals surface area contributed by atoms with Gasteiger partial charge in [-0.1, -0.05) is 12.2 Å². The molecule has 0 spiro atoms. The zero-order chi connectivity index (χ0) is 13.4. The normalized spacial score (nSPS) is 51.6. The maximum Gasteiger partial charge on any atom is 0.233 e. The molecule has 20 heavy (non-hydrogen) atoms. The summed E-state index contributed by atoms with van der Waals surface area (Å²) in [6, 6.07) is 0. The molecule has 0 N–H and O–H groups in total. The van der Waals surface area contributed by atoms with E-state index in [9.17, 15) is 9.59 Å². The first-order valence-electron chi connectivity index (χ1n) is 7.91. The molecule has 0 radical (unpaired) electrons. The second kappa shape index (κ2) is 3.73. The molecule has 0 unspecified atom stereocenters. The van der Waals surface area contributed by atoms with Crippen molar-refractivity contribution in [2.45, 2.75) is 25.4 Å². The largest absolute Gasteiger partial charge is 0.376 e. The van der Waals surface area contributed by atoms with Gasteiger partial charge in [0.05, 0.1) is 24.5 Å². The lowest BCUT2D eigenvalue weighted by Gasteiger charge is -2.37. The Labute approximate surface area is 118 Å². The smallest absolute Gasteiger partial charge is 0.233 e. The molecule has 7 atom stereocenters. The summed E-state index contributed by atoms with van der Waals surface area (Å²) in [5.74, 6) is 2.10. The molecule has 6 aliphatic rings.